The Kier molecular flexibility index (Phi) is 4.49. The van der Waals surface area contributed by atoms with E-state index in [0.717, 1.165) is 16.6 Å². The molecule has 0 saturated heterocycles. The smallest absolute Gasteiger partial charge is 0.270 e. The van der Waals surface area contributed by atoms with Crippen molar-refractivity contribution in [2.24, 2.45) is 0 Å². The van der Waals surface area contributed by atoms with E-state index in [4.69, 9.17) is 11.6 Å². The highest BCUT2D eigenvalue weighted by Gasteiger charge is 2.29. The van der Waals surface area contributed by atoms with Crippen molar-refractivity contribution >= 4 is 40.5 Å². The van der Waals surface area contributed by atoms with Gasteiger partial charge in [0.2, 0.25) is 5.78 Å². The summed E-state index contributed by atoms with van der Waals surface area (Å²) in [5.74, 6) is -0.640. The van der Waals surface area contributed by atoms with Crippen LogP contribution in [-0.4, -0.2) is 17.8 Å². The molecule has 0 atom stereocenters. The molecule has 0 N–H and O–H groups in total. The molecule has 6 nitrogen and oxygen atoms in total. The second kappa shape index (κ2) is 6.59. The summed E-state index contributed by atoms with van der Waals surface area (Å²) >= 11 is 7.33. The van der Waals surface area contributed by atoms with E-state index in [1.165, 1.54) is 23.9 Å². The Hall–Kier alpha value is -2.82. The minimum Gasteiger partial charge on any atom is -0.337 e. The third kappa shape index (κ3) is 2.97. The number of allylic oxidation sites excluding steroid dienone is 1. The summed E-state index contributed by atoms with van der Waals surface area (Å²) in [6, 6.07) is 13.0. The fourth-order valence-electron chi connectivity index (χ4n) is 2.45. The number of ketones is 1. The van der Waals surface area contributed by atoms with E-state index >= 15 is 0 Å². The fourth-order valence-corrected chi connectivity index (χ4v) is 3.80. The number of Topliss-reactive ketones (excluding diaryl/α,β-unsaturated/α-hetero) is 1. The van der Waals surface area contributed by atoms with Gasteiger partial charge in [0, 0.05) is 29.6 Å². The third-order valence-electron chi connectivity index (χ3n) is 3.70. The quantitative estimate of drug-likeness (QED) is 0.261. The highest BCUT2D eigenvalue weighted by Crippen LogP contribution is 2.46. The van der Waals surface area contributed by atoms with E-state index in [9.17, 15) is 20.2 Å². The van der Waals surface area contributed by atoms with E-state index in [1.807, 2.05) is 30.3 Å². The van der Waals surface area contributed by atoms with Crippen molar-refractivity contribution in [3.8, 4) is 6.07 Å². The van der Waals surface area contributed by atoms with Crippen molar-refractivity contribution in [3.05, 3.63) is 73.8 Å². The normalized spacial score (nSPS) is 14.7. The number of benzene rings is 2. The van der Waals surface area contributed by atoms with Crippen molar-refractivity contribution in [2.75, 3.05) is 11.9 Å². The number of fused-ring (bicyclic) bond motifs is 1. The van der Waals surface area contributed by atoms with Gasteiger partial charge in [-0.2, -0.15) is 5.26 Å². The molecule has 0 bridgehead atoms. The number of hydrogen-bond acceptors (Lipinski definition) is 6. The number of hydrogen-bond donors (Lipinski definition) is 0. The molecule has 0 fully saturated rings. The van der Waals surface area contributed by atoms with Crippen LogP contribution in [0.4, 0.5) is 11.4 Å². The maximum absolute atomic E-state index is 12.8. The van der Waals surface area contributed by atoms with Crippen molar-refractivity contribution < 1.29 is 9.72 Å². The minimum absolute atomic E-state index is 0.0621. The summed E-state index contributed by atoms with van der Waals surface area (Å²) < 4.78 is 0. The van der Waals surface area contributed by atoms with Gasteiger partial charge in [-0.3, -0.25) is 14.9 Å². The van der Waals surface area contributed by atoms with Gasteiger partial charge in [-0.25, -0.2) is 0 Å². The van der Waals surface area contributed by atoms with Gasteiger partial charge in [-0.15, -0.1) is 0 Å². The first-order valence-electron chi connectivity index (χ1n) is 7.07. The van der Waals surface area contributed by atoms with Gasteiger partial charge in [0.05, 0.1) is 15.6 Å². The lowest BCUT2D eigenvalue weighted by Gasteiger charge is -2.15. The molecule has 2 aromatic rings. The first-order valence-corrected chi connectivity index (χ1v) is 8.27. The Morgan fingerprint density at radius 2 is 2.04 bits per heavy atom. The van der Waals surface area contributed by atoms with Crippen LogP contribution in [0.1, 0.15) is 10.4 Å². The SMILES string of the molecule is CN1/C(=C(/C#N)C(=O)c2cc([N+](=O)[O-])ccc2Cl)Sc2ccccc21. The number of para-hydroxylation sites is 1. The van der Waals surface area contributed by atoms with Crippen LogP contribution in [0.15, 0.2) is 58.0 Å². The summed E-state index contributed by atoms with van der Waals surface area (Å²) in [4.78, 5) is 25.8. The Morgan fingerprint density at radius 1 is 1.32 bits per heavy atom. The standard InChI is InChI=1S/C17H10ClN3O3S/c1-20-14-4-2-3-5-15(14)25-17(20)12(9-19)16(22)11-8-10(21(23)24)6-7-13(11)18/h2-8H,1H3/b17-12+. The number of nitrogens with zero attached hydrogens (tertiary/aromatic N) is 3. The number of thioether (sulfide) groups is 1. The van der Waals surface area contributed by atoms with E-state index in [-0.39, 0.29) is 21.8 Å². The molecule has 25 heavy (non-hydrogen) atoms. The molecule has 1 aliphatic rings. The number of anilines is 1. The Balaban J connectivity index is 2.09. The molecule has 0 aromatic heterocycles. The monoisotopic (exact) mass is 371 g/mol. The van der Waals surface area contributed by atoms with Crippen LogP contribution in [-0.2, 0) is 0 Å². The Labute approximate surface area is 152 Å². The highest BCUT2D eigenvalue weighted by molar-refractivity contribution is 8.03. The largest absolute Gasteiger partial charge is 0.337 e. The molecule has 0 radical (unpaired) electrons. The number of halogens is 1. The van der Waals surface area contributed by atoms with Gasteiger partial charge in [0.15, 0.2) is 0 Å². The van der Waals surface area contributed by atoms with E-state index in [0.29, 0.717) is 5.03 Å². The number of nitro groups is 1. The number of rotatable bonds is 3. The van der Waals surface area contributed by atoms with Crippen LogP contribution in [0.5, 0.6) is 0 Å². The number of carbonyl (C=O) groups excluding carboxylic acids is 1. The predicted octanol–water partition coefficient (Wildman–Crippen LogP) is 4.41. The first kappa shape index (κ1) is 17.0. The lowest BCUT2D eigenvalue weighted by molar-refractivity contribution is -0.384. The van der Waals surface area contributed by atoms with E-state index < -0.39 is 10.7 Å². The zero-order valence-electron chi connectivity index (χ0n) is 12.9. The van der Waals surface area contributed by atoms with Crippen molar-refractivity contribution in [3.63, 3.8) is 0 Å². The molecule has 2 aromatic carbocycles. The second-order valence-electron chi connectivity index (χ2n) is 5.17. The van der Waals surface area contributed by atoms with Gasteiger partial charge < -0.3 is 4.90 Å². The molecule has 0 unspecified atom stereocenters. The topological polar surface area (TPSA) is 87.2 Å². The molecule has 124 valence electrons. The summed E-state index contributed by atoms with van der Waals surface area (Å²) in [5.41, 5.74) is 0.454. The number of nitriles is 1. The average Bonchev–Trinajstić information content (AvgIpc) is 2.93. The molecule has 0 aliphatic carbocycles. The molecule has 0 saturated carbocycles. The Bertz CT molecular complexity index is 981. The lowest BCUT2D eigenvalue weighted by Crippen LogP contribution is -2.15. The predicted molar refractivity (Wildman–Crippen MR) is 95.8 cm³/mol. The van der Waals surface area contributed by atoms with Crippen molar-refractivity contribution in [1.29, 1.82) is 5.26 Å². The molecule has 3 rings (SSSR count). The zero-order chi connectivity index (χ0) is 18.1. The van der Waals surface area contributed by atoms with Gasteiger partial charge in [0.25, 0.3) is 5.69 Å². The molecule has 8 heteroatoms. The number of nitro benzene ring substituents is 1. The average molecular weight is 372 g/mol. The maximum Gasteiger partial charge on any atom is 0.270 e. The molecule has 0 amide bonds. The summed E-state index contributed by atoms with van der Waals surface area (Å²) in [6.07, 6.45) is 0. The second-order valence-corrected chi connectivity index (χ2v) is 6.61. The molecule has 1 heterocycles. The molecular weight excluding hydrogens is 362 g/mol. The summed E-state index contributed by atoms with van der Waals surface area (Å²) in [7, 11) is 1.76. The van der Waals surface area contributed by atoms with Crippen molar-refractivity contribution in [2.45, 2.75) is 4.90 Å². The fraction of sp³-hybridized carbons (Fsp3) is 0.0588. The van der Waals surface area contributed by atoms with Crippen LogP contribution < -0.4 is 4.90 Å². The van der Waals surface area contributed by atoms with Gasteiger partial charge in [-0.1, -0.05) is 35.5 Å². The third-order valence-corrected chi connectivity index (χ3v) is 5.26. The summed E-state index contributed by atoms with van der Waals surface area (Å²) in [6.45, 7) is 0. The number of non-ortho nitro benzene ring substituents is 1. The van der Waals surface area contributed by atoms with Crippen LogP contribution in [0.2, 0.25) is 5.02 Å². The highest BCUT2D eigenvalue weighted by atomic mass is 35.5. The van der Waals surface area contributed by atoms with E-state index in [2.05, 4.69) is 0 Å². The van der Waals surface area contributed by atoms with Crippen LogP contribution >= 0.6 is 23.4 Å². The first-order chi connectivity index (χ1) is 11.9. The molecule has 1 aliphatic heterocycles. The summed E-state index contributed by atoms with van der Waals surface area (Å²) in [5, 5.41) is 21.0. The van der Waals surface area contributed by atoms with Crippen LogP contribution in [0.3, 0.4) is 0 Å². The number of carbonyl (C=O) groups is 1. The van der Waals surface area contributed by atoms with Gasteiger partial charge in [-0.05, 0) is 18.2 Å². The molecular formula is C17H10ClN3O3S. The zero-order valence-corrected chi connectivity index (χ0v) is 14.5. The maximum atomic E-state index is 12.8. The van der Waals surface area contributed by atoms with E-state index in [1.54, 1.807) is 11.9 Å². The molecule has 0 spiro atoms. The van der Waals surface area contributed by atoms with Crippen LogP contribution in [0, 0.1) is 21.4 Å². The van der Waals surface area contributed by atoms with Crippen molar-refractivity contribution in [1.82, 2.24) is 0 Å². The van der Waals surface area contributed by atoms with Gasteiger partial charge in [0.1, 0.15) is 16.7 Å². The minimum atomic E-state index is -0.640. The Morgan fingerprint density at radius 3 is 2.68 bits per heavy atom. The lowest BCUT2D eigenvalue weighted by atomic mass is 10.0. The van der Waals surface area contributed by atoms with Crippen LogP contribution in [0.25, 0.3) is 0 Å². The van der Waals surface area contributed by atoms with Gasteiger partial charge >= 0.3 is 0 Å².